The molecule has 0 aliphatic heterocycles. The van der Waals surface area contributed by atoms with E-state index in [1.807, 2.05) is 0 Å². The van der Waals surface area contributed by atoms with Crippen molar-refractivity contribution in [1.29, 1.82) is 0 Å². The van der Waals surface area contributed by atoms with Crippen molar-refractivity contribution in [3.8, 4) is 61.3 Å². The van der Waals surface area contributed by atoms with Crippen LogP contribution < -0.4 is 0 Å². The van der Waals surface area contributed by atoms with Gasteiger partial charge in [-0.25, -0.2) is 0 Å². The van der Waals surface area contributed by atoms with E-state index in [1.54, 1.807) is 0 Å². The number of para-hydroxylation sites is 3. The summed E-state index contributed by atoms with van der Waals surface area (Å²) in [4.78, 5) is 0. The Morgan fingerprint density at radius 2 is 0.703 bits per heavy atom. The van der Waals surface area contributed by atoms with Gasteiger partial charge in [0.2, 0.25) is 0 Å². The van der Waals surface area contributed by atoms with E-state index in [1.165, 1.54) is 71.2 Å². The first-order chi connectivity index (χ1) is 31.8. The van der Waals surface area contributed by atoms with E-state index < -0.39 is 0 Å². The fraction of sp³-hybridized carbons (Fsp3) is 0. The Labute approximate surface area is 370 Å². The summed E-state index contributed by atoms with van der Waals surface area (Å²) < 4.78 is 9.28. The van der Waals surface area contributed by atoms with Crippen LogP contribution >= 0.6 is 0 Å². The lowest BCUT2D eigenvalue weighted by molar-refractivity contribution is 0.671. The van der Waals surface area contributed by atoms with Crippen LogP contribution in [0.25, 0.3) is 127 Å². The number of fused-ring (bicyclic) bond motifs is 8. The Bertz CT molecular complexity index is 3920. The maximum absolute atomic E-state index is 6.87. The minimum atomic E-state index is 0.905. The maximum Gasteiger partial charge on any atom is 0.143 e. The molecule has 298 valence electrons. The topological polar surface area (TPSA) is 18.1 Å². The molecule has 0 bridgehead atoms. The van der Waals surface area contributed by atoms with Crippen LogP contribution in [0.1, 0.15) is 0 Å². The molecule has 2 nitrogen and oxygen atoms in total. The van der Waals surface area contributed by atoms with Crippen LogP contribution in [0.5, 0.6) is 0 Å². The number of hydrogen-bond acceptors (Lipinski definition) is 1. The Hall–Kier alpha value is -8.46. The molecule has 11 aromatic carbocycles. The summed E-state index contributed by atoms with van der Waals surface area (Å²) >= 11 is 0. The van der Waals surface area contributed by atoms with E-state index in [-0.39, 0.29) is 0 Å². The number of hydrogen-bond donors (Lipinski definition) is 0. The highest BCUT2D eigenvalue weighted by molar-refractivity contribution is 6.22. The van der Waals surface area contributed by atoms with E-state index in [0.717, 1.165) is 55.4 Å². The minimum Gasteiger partial charge on any atom is -0.455 e. The van der Waals surface area contributed by atoms with Crippen LogP contribution in [0, 0.1) is 0 Å². The van der Waals surface area contributed by atoms with Crippen LogP contribution in [0.3, 0.4) is 0 Å². The highest BCUT2D eigenvalue weighted by Crippen LogP contribution is 2.46. The quantitative estimate of drug-likeness (QED) is 0.153. The van der Waals surface area contributed by atoms with Crippen molar-refractivity contribution >= 4 is 65.3 Å². The normalized spacial score (nSPS) is 11.8. The Balaban J connectivity index is 0.958. The van der Waals surface area contributed by atoms with E-state index in [9.17, 15) is 0 Å². The molecule has 0 N–H and O–H groups in total. The first-order valence-corrected chi connectivity index (χ1v) is 22.0. The molecule has 0 radical (unpaired) electrons. The number of rotatable bonds is 6. The number of aromatic nitrogens is 1. The summed E-state index contributed by atoms with van der Waals surface area (Å²) in [6.45, 7) is 0. The smallest absolute Gasteiger partial charge is 0.143 e. The molecule has 0 spiro atoms. The van der Waals surface area contributed by atoms with Gasteiger partial charge in [-0.3, -0.25) is 0 Å². The van der Waals surface area contributed by atoms with Gasteiger partial charge in [0, 0.05) is 38.4 Å². The van der Waals surface area contributed by atoms with Gasteiger partial charge in [0.05, 0.1) is 11.0 Å². The predicted octanol–water partition coefficient (Wildman–Crippen LogP) is 17.3. The van der Waals surface area contributed by atoms with Crippen molar-refractivity contribution in [3.63, 3.8) is 0 Å². The molecule has 0 saturated carbocycles. The Kier molecular flexibility index (Phi) is 8.25. The average molecular weight is 814 g/mol. The average Bonchev–Trinajstić information content (AvgIpc) is 3.92. The van der Waals surface area contributed by atoms with E-state index >= 15 is 0 Å². The molecule has 2 aromatic heterocycles. The summed E-state index contributed by atoms with van der Waals surface area (Å²) in [5.41, 5.74) is 17.0. The first kappa shape index (κ1) is 36.2. The molecule has 13 aromatic rings. The Morgan fingerprint density at radius 3 is 1.34 bits per heavy atom. The maximum atomic E-state index is 6.87. The molecule has 0 atom stereocenters. The SMILES string of the molecule is c1ccc(-c2c3ccccc3c(-c3ccccc3)c3cc(-c4ccc(-n5c6ccccc6c6ccc(-c7cccc8c7oc7c(-c9ccccc9)cccc78)cc65)cc4)ccc23)cc1. The molecular weight excluding hydrogens is 775 g/mol. The van der Waals surface area contributed by atoms with Gasteiger partial charge in [-0.05, 0) is 96.4 Å². The lowest BCUT2D eigenvalue weighted by Crippen LogP contribution is -1.94. The molecule has 64 heavy (non-hydrogen) atoms. The van der Waals surface area contributed by atoms with Crippen LogP contribution in [-0.2, 0) is 0 Å². The van der Waals surface area contributed by atoms with Crippen LogP contribution in [-0.4, -0.2) is 4.57 Å². The summed E-state index contributed by atoms with van der Waals surface area (Å²) in [6, 6.07) is 85.8. The largest absolute Gasteiger partial charge is 0.455 e. The Morgan fingerprint density at radius 1 is 0.250 bits per heavy atom. The fourth-order valence-corrected chi connectivity index (χ4v) is 10.3. The molecule has 0 amide bonds. The summed E-state index contributed by atoms with van der Waals surface area (Å²) in [7, 11) is 0. The fourth-order valence-electron chi connectivity index (χ4n) is 10.3. The van der Waals surface area contributed by atoms with E-state index in [2.05, 4.69) is 241 Å². The van der Waals surface area contributed by atoms with Crippen molar-refractivity contribution in [2.45, 2.75) is 0 Å². The van der Waals surface area contributed by atoms with E-state index in [0.29, 0.717) is 0 Å². The molecule has 0 aliphatic carbocycles. The van der Waals surface area contributed by atoms with Crippen LogP contribution in [0.2, 0.25) is 0 Å². The van der Waals surface area contributed by atoms with Gasteiger partial charge in [0.25, 0.3) is 0 Å². The summed E-state index contributed by atoms with van der Waals surface area (Å²) in [5, 5.41) is 9.71. The van der Waals surface area contributed by atoms with Crippen molar-refractivity contribution in [1.82, 2.24) is 4.57 Å². The van der Waals surface area contributed by atoms with Crippen molar-refractivity contribution in [2.24, 2.45) is 0 Å². The minimum absolute atomic E-state index is 0.905. The highest BCUT2D eigenvalue weighted by Gasteiger charge is 2.20. The lowest BCUT2D eigenvalue weighted by Gasteiger charge is -2.19. The third kappa shape index (κ3) is 5.66. The summed E-state index contributed by atoms with van der Waals surface area (Å²) in [5.74, 6) is 0. The van der Waals surface area contributed by atoms with Crippen molar-refractivity contribution in [2.75, 3.05) is 0 Å². The third-order valence-electron chi connectivity index (χ3n) is 13.2. The molecule has 0 unspecified atom stereocenters. The van der Waals surface area contributed by atoms with Gasteiger partial charge in [-0.2, -0.15) is 0 Å². The monoisotopic (exact) mass is 813 g/mol. The molecule has 0 saturated heterocycles. The molecule has 2 heteroatoms. The van der Waals surface area contributed by atoms with Gasteiger partial charge in [-0.15, -0.1) is 0 Å². The molecule has 0 fully saturated rings. The number of benzene rings is 11. The third-order valence-corrected chi connectivity index (χ3v) is 13.2. The number of nitrogens with zero attached hydrogens (tertiary/aromatic N) is 1. The van der Waals surface area contributed by atoms with Crippen molar-refractivity contribution < 1.29 is 4.42 Å². The predicted molar refractivity (Wildman–Crippen MR) is 270 cm³/mol. The zero-order valence-electron chi connectivity index (χ0n) is 34.9. The second-order valence-electron chi connectivity index (χ2n) is 16.8. The van der Waals surface area contributed by atoms with Gasteiger partial charge >= 0.3 is 0 Å². The highest BCUT2D eigenvalue weighted by atomic mass is 16.3. The molecule has 0 aliphatic rings. The van der Waals surface area contributed by atoms with Gasteiger partial charge in [0.1, 0.15) is 11.2 Å². The van der Waals surface area contributed by atoms with E-state index in [4.69, 9.17) is 4.42 Å². The standard InChI is InChI=1S/C62H39NO/c1-4-16-41(17-5-1)47-25-14-27-54-55-28-15-26-48(62(55)64-61(47)54)45-33-36-50-49-22-12-13-29-57(49)63(58(50)39-45)46-34-30-40(31-35-46)44-32-37-53-56(38-44)60(43-20-8-3-9-21-43)52-24-11-10-23-51(52)59(53)42-18-6-2-7-19-42/h1-39H. The second kappa shape index (κ2) is 14.6. The zero-order valence-corrected chi connectivity index (χ0v) is 34.9. The number of furan rings is 1. The lowest BCUT2D eigenvalue weighted by atomic mass is 9.85. The van der Waals surface area contributed by atoms with Gasteiger partial charge in [0.15, 0.2) is 0 Å². The van der Waals surface area contributed by atoms with Crippen molar-refractivity contribution in [3.05, 3.63) is 237 Å². The van der Waals surface area contributed by atoms with Crippen LogP contribution in [0.15, 0.2) is 241 Å². The molecule has 13 rings (SSSR count). The summed E-state index contributed by atoms with van der Waals surface area (Å²) in [6.07, 6.45) is 0. The first-order valence-electron chi connectivity index (χ1n) is 22.0. The molecule has 2 heterocycles. The van der Waals surface area contributed by atoms with Crippen LogP contribution in [0.4, 0.5) is 0 Å². The van der Waals surface area contributed by atoms with Gasteiger partial charge in [-0.1, -0.05) is 206 Å². The second-order valence-corrected chi connectivity index (χ2v) is 16.8. The zero-order chi connectivity index (χ0) is 42.1. The van der Waals surface area contributed by atoms with Gasteiger partial charge < -0.3 is 8.98 Å². The molecular formula is C62H39NO.